The molecule has 0 saturated heterocycles. The van der Waals surface area contributed by atoms with Gasteiger partial charge in [-0.25, -0.2) is 4.39 Å². The number of carbonyl (C=O) groups excluding carboxylic acids is 2. The summed E-state index contributed by atoms with van der Waals surface area (Å²) in [7, 11) is 2.90. The Hall–Kier alpha value is -4.79. The van der Waals surface area contributed by atoms with Gasteiger partial charge in [-0.1, -0.05) is 12.1 Å². The summed E-state index contributed by atoms with van der Waals surface area (Å²) in [5.41, 5.74) is 2.03. The van der Waals surface area contributed by atoms with Gasteiger partial charge >= 0.3 is 0 Å². The quantitative estimate of drug-likeness (QED) is 0.400. The molecule has 0 unspecified atom stereocenters. The summed E-state index contributed by atoms with van der Waals surface area (Å²) in [5.74, 6) is -0.645. The fourth-order valence-corrected chi connectivity index (χ4v) is 3.36. The lowest BCUT2D eigenvalue weighted by molar-refractivity contribution is 0.102. The Morgan fingerprint density at radius 2 is 1.66 bits per heavy atom. The van der Waals surface area contributed by atoms with Crippen molar-refractivity contribution in [1.29, 1.82) is 0 Å². The molecule has 8 nitrogen and oxygen atoms in total. The topological polar surface area (TPSA) is 102 Å². The fraction of sp³-hybridized carbons (Fsp3) is 0.0769. The monoisotopic (exact) mass is 472 g/mol. The second-order valence-electron chi connectivity index (χ2n) is 7.31. The first-order valence-electron chi connectivity index (χ1n) is 10.5. The number of aromatic nitrogens is 2. The molecule has 0 radical (unpaired) electrons. The molecule has 176 valence electrons. The molecule has 4 rings (SSSR count). The van der Waals surface area contributed by atoms with Crippen LogP contribution in [0.15, 0.2) is 79.3 Å². The van der Waals surface area contributed by atoms with Crippen LogP contribution in [0.5, 0.6) is 11.5 Å². The number of nitrogens with zero attached hydrogens (tertiary/aromatic N) is 2. The van der Waals surface area contributed by atoms with E-state index in [1.807, 2.05) is 0 Å². The van der Waals surface area contributed by atoms with Crippen LogP contribution in [0.25, 0.3) is 11.3 Å². The number of amides is 2. The molecule has 2 heterocycles. The summed E-state index contributed by atoms with van der Waals surface area (Å²) in [6.07, 6.45) is 4.43. The summed E-state index contributed by atoms with van der Waals surface area (Å²) in [6, 6.07) is 15.6. The first-order valence-corrected chi connectivity index (χ1v) is 10.5. The number of carbonyl (C=O) groups is 2. The lowest BCUT2D eigenvalue weighted by Gasteiger charge is -2.13. The van der Waals surface area contributed by atoms with Gasteiger partial charge < -0.3 is 20.1 Å². The van der Waals surface area contributed by atoms with E-state index in [1.54, 1.807) is 42.5 Å². The lowest BCUT2D eigenvalue weighted by atomic mass is 10.1. The van der Waals surface area contributed by atoms with Crippen molar-refractivity contribution < 1.29 is 23.5 Å². The van der Waals surface area contributed by atoms with Gasteiger partial charge in [0, 0.05) is 17.3 Å². The third-order valence-electron chi connectivity index (χ3n) is 5.13. The third kappa shape index (κ3) is 5.25. The van der Waals surface area contributed by atoms with Gasteiger partial charge in [0.2, 0.25) is 0 Å². The summed E-state index contributed by atoms with van der Waals surface area (Å²) in [5, 5.41) is 5.47. The summed E-state index contributed by atoms with van der Waals surface area (Å²) >= 11 is 0. The van der Waals surface area contributed by atoms with Gasteiger partial charge in [-0.15, -0.1) is 0 Å². The van der Waals surface area contributed by atoms with E-state index in [2.05, 4.69) is 20.6 Å². The molecule has 9 heteroatoms. The molecule has 0 aliphatic heterocycles. The van der Waals surface area contributed by atoms with Crippen LogP contribution in [0.4, 0.5) is 15.8 Å². The number of hydrogen-bond donors (Lipinski definition) is 2. The molecule has 2 aromatic carbocycles. The number of hydrogen-bond acceptors (Lipinski definition) is 6. The number of anilines is 2. The van der Waals surface area contributed by atoms with E-state index < -0.39 is 11.8 Å². The van der Waals surface area contributed by atoms with E-state index >= 15 is 0 Å². The number of halogens is 1. The Morgan fingerprint density at radius 3 is 2.37 bits per heavy atom. The van der Waals surface area contributed by atoms with Crippen LogP contribution in [-0.4, -0.2) is 36.0 Å². The number of nitrogens with one attached hydrogen (secondary N) is 2. The van der Waals surface area contributed by atoms with Crippen molar-refractivity contribution in [3.05, 3.63) is 96.2 Å². The minimum Gasteiger partial charge on any atom is -0.496 e. The zero-order chi connectivity index (χ0) is 24.8. The highest BCUT2D eigenvalue weighted by atomic mass is 19.1. The average Bonchev–Trinajstić information content (AvgIpc) is 2.89. The van der Waals surface area contributed by atoms with Crippen molar-refractivity contribution in [2.45, 2.75) is 0 Å². The summed E-state index contributed by atoms with van der Waals surface area (Å²) in [6.45, 7) is 0. The first-order chi connectivity index (χ1) is 17.0. The van der Waals surface area contributed by atoms with Gasteiger partial charge in [0.05, 0.1) is 49.2 Å². The highest BCUT2D eigenvalue weighted by molar-refractivity contribution is 6.10. The third-order valence-corrected chi connectivity index (χ3v) is 5.13. The van der Waals surface area contributed by atoms with Gasteiger partial charge in [-0.2, -0.15) is 0 Å². The highest BCUT2D eigenvalue weighted by Crippen LogP contribution is 2.26. The van der Waals surface area contributed by atoms with Gasteiger partial charge in [-0.3, -0.25) is 19.6 Å². The number of benzene rings is 2. The van der Waals surface area contributed by atoms with Crippen LogP contribution in [-0.2, 0) is 0 Å². The second-order valence-corrected chi connectivity index (χ2v) is 7.31. The molecule has 35 heavy (non-hydrogen) atoms. The zero-order valence-corrected chi connectivity index (χ0v) is 18.9. The zero-order valence-electron chi connectivity index (χ0n) is 18.9. The van der Waals surface area contributed by atoms with Crippen LogP contribution in [0, 0.1) is 5.82 Å². The number of methoxy groups -OCH3 is 2. The van der Waals surface area contributed by atoms with Crippen LogP contribution >= 0.6 is 0 Å². The fourth-order valence-electron chi connectivity index (χ4n) is 3.36. The van der Waals surface area contributed by atoms with Crippen molar-refractivity contribution >= 4 is 23.2 Å². The molecule has 0 spiro atoms. The normalized spacial score (nSPS) is 10.4. The molecule has 0 aliphatic carbocycles. The van der Waals surface area contributed by atoms with Gasteiger partial charge in [0.15, 0.2) is 5.75 Å². The molecular formula is C26H21FN4O4. The van der Waals surface area contributed by atoms with Crippen LogP contribution in [0.2, 0.25) is 0 Å². The maximum absolute atomic E-state index is 14.0. The Bertz CT molecular complexity index is 1380. The second kappa shape index (κ2) is 10.4. The Morgan fingerprint density at radius 1 is 0.857 bits per heavy atom. The maximum atomic E-state index is 14.0. The predicted molar refractivity (Wildman–Crippen MR) is 129 cm³/mol. The van der Waals surface area contributed by atoms with Gasteiger partial charge in [-0.05, 0) is 48.5 Å². The van der Waals surface area contributed by atoms with E-state index in [0.29, 0.717) is 34.1 Å². The molecule has 0 saturated carbocycles. The van der Waals surface area contributed by atoms with Gasteiger partial charge in [0.1, 0.15) is 11.6 Å². The molecule has 4 aromatic rings. The minimum absolute atomic E-state index is 0.159. The predicted octanol–water partition coefficient (Wildman–Crippen LogP) is 4.80. The SMILES string of the molecule is COc1cnccc1NC(=O)c1cc(C(=O)Nc2ccc(-c3ccccc3F)nc2)ccc1OC. The van der Waals surface area contributed by atoms with Crippen molar-refractivity contribution in [1.82, 2.24) is 9.97 Å². The van der Waals surface area contributed by atoms with Crippen LogP contribution < -0.4 is 20.1 Å². The number of ether oxygens (including phenoxy) is 2. The van der Waals surface area contributed by atoms with E-state index in [4.69, 9.17) is 9.47 Å². The van der Waals surface area contributed by atoms with Crippen molar-refractivity contribution in [2.24, 2.45) is 0 Å². The smallest absolute Gasteiger partial charge is 0.259 e. The largest absolute Gasteiger partial charge is 0.496 e. The lowest BCUT2D eigenvalue weighted by Crippen LogP contribution is -2.17. The summed E-state index contributed by atoms with van der Waals surface area (Å²) in [4.78, 5) is 34.0. The molecular weight excluding hydrogens is 451 g/mol. The van der Waals surface area contributed by atoms with Crippen molar-refractivity contribution in [2.75, 3.05) is 24.9 Å². The van der Waals surface area contributed by atoms with Crippen LogP contribution in [0.1, 0.15) is 20.7 Å². The standard InChI is InChI=1S/C26H21FN4O4/c1-34-23-10-7-16(13-19(23)26(33)31-22-11-12-28-15-24(22)35-2)25(32)30-17-8-9-21(29-14-17)18-5-3-4-6-20(18)27/h3-15H,1-2H3,(H,30,32)(H,28,31,33). The number of pyridine rings is 2. The highest BCUT2D eigenvalue weighted by Gasteiger charge is 2.18. The Balaban J connectivity index is 1.53. The molecule has 0 bridgehead atoms. The maximum Gasteiger partial charge on any atom is 0.259 e. The van der Waals surface area contributed by atoms with E-state index in [1.165, 1.54) is 51.0 Å². The molecule has 2 N–H and O–H groups in total. The molecule has 2 amide bonds. The Kier molecular flexibility index (Phi) is 6.96. The minimum atomic E-state index is -0.489. The van der Waals surface area contributed by atoms with Crippen molar-refractivity contribution in [3.8, 4) is 22.8 Å². The first kappa shape index (κ1) is 23.4. The van der Waals surface area contributed by atoms with E-state index in [9.17, 15) is 14.0 Å². The number of rotatable bonds is 7. The Labute approximate surface area is 200 Å². The average molecular weight is 472 g/mol. The van der Waals surface area contributed by atoms with Gasteiger partial charge in [0.25, 0.3) is 11.8 Å². The van der Waals surface area contributed by atoms with Crippen LogP contribution in [0.3, 0.4) is 0 Å². The summed E-state index contributed by atoms with van der Waals surface area (Å²) < 4.78 is 24.5. The molecule has 0 aliphatic rings. The van der Waals surface area contributed by atoms with Crippen molar-refractivity contribution in [3.63, 3.8) is 0 Å². The molecule has 0 fully saturated rings. The van der Waals surface area contributed by atoms with E-state index in [-0.39, 0.29) is 16.9 Å². The molecule has 0 atom stereocenters. The van der Waals surface area contributed by atoms with E-state index in [0.717, 1.165) is 0 Å². The molecule has 2 aromatic heterocycles.